The van der Waals surface area contributed by atoms with Gasteiger partial charge >= 0.3 is 0 Å². The number of nitrogens with one attached hydrogen (secondary N) is 1. The molecule has 9 heteroatoms. The zero-order valence-corrected chi connectivity index (χ0v) is 18.8. The first-order valence-electron chi connectivity index (χ1n) is 8.99. The molecule has 3 aromatic rings. The summed E-state index contributed by atoms with van der Waals surface area (Å²) in [6, 6.07) is 14.5. The fraction of sp³-hybridized carbons (Fsp3) is 0.200. The highest BCUT2D eigenvalue weighted by molar-refractivity contribution is 9.10. The van der Waals surface area contributed by atoms with E-state index in [2.05, 4.69) is 26.2 Å². The molecule has 4 rings (SSSR count). The van der Waals surface area contributed by atoms with Gasteiger partial charge in [0.1, 0.15) is 0 Å². The van der Waals surface area contributed by atoms with E-state index in [0.717, 1.165) is 20.6 Å². The van der Waals surface area contributed by atoms with Crippen LogP contribution in [0.3, 0.4) is 0 Å². The zero-order valence-electron chi connectivity index (χ0n) is 15.6. The second-order valence-corrected chi connectivity index (χ2v) is 10.8. The number of rotatable bonds is 4. The lowest BCUT2D eigenvalue weighted by molar-refractivity contribution is 0.102. The Morgan fingerprint density at radius 1 is 1.14 bits per heavy atom. The number of sulfonamides is 1. The standard InChI is InChI=1S/C20H18BrN3O3S2/c1-13-18(14-3-7-16(21)8-4-14)22-20(28-13)23-19(25)15-5-9-17(10-6-15)24-11-2-12-29(24,26)27/h3-10H,2,11-12H2,1H3,(H,22,23,25). The van der Waals surface area contributed by atoms with Gasteiger partial charge in [-0.15, -0.1) is 11.3 Å². The molecule has 1 N–H and O–H groups in total. The van der Waals surface area contributed by atoms with E-state index in [-0.39, 0.29) is 11.7 Å². The molecule has 1 aliphatic heterocycles. The minimum absolute atomic E-state index is 0.166. The van der Waals surface area contributed by atoms with Crippen molar-refractivity contribution < 1.29 is 13.2 Å². The Labute approximate surface area is 181 Å². The van der Waals surface area contributed by atoms with Crippen molar-refractivity contribution in [2.45, 2.75) is 13.3 Å². The lowest BCUT2D eigenvalue weighted by Gasteiger charge is -2.16. The lowest BCUT2D eigenvalue weighted by atomic mass is 10.1. The van der Waals surface area contributed by atoms with E-state index in [0.29, 0.717) is 29.3 Å². The molecule has 0 atom stereocenters. The van der Waals surface area contributed by atoms with Crippen LogP contribution < -0.4 is 9.62 Å². The highest BCUT2D eigenvalue weighted by Crippen LogP contribution is 2.31. The number of hydrogen-bond donors (Lipinski definition) is 1. The molecule has 1 aliphatic rings. The van der Waals surface area contributed by atoms with E-state index < -0.39 is 10.0 Å². The summed E-state index contributed by atoms with van der Waals surface area (Å²) in [4.78, 5) is 18.2. The average Bonchev–Trinajstić information content (AvgIpc) is 3.23. The Bertz CT molecular complexity index is 1160. The quantitative estimate of drug-likeness (QED) is 0.574. The van der Waals surface area contributed by atoms with E-state index in [1.807, 2.05) is 31.2 Å². The molecule has 6 nitrogen and oxygen atoms in total. The molecular weight excluding hydrogens is 474 g/mol. The van der Waals surface area contributed by atoms with Crippen molar-refractivity contribution in [1.29, 1.82) is 0 Å². The predicted octanol–water partition coefficient (Wildman–Crippen LogP) is 4.67. The highest BCUT2D eigenvalue weighted by Gasteiger charge is 2.28. The van der Waals surface area contributed by atoms with Gasteiger partial charge in [-0.05, 0) is 49.7 Å². The Kier molecular flexibility index (Phi) is 5.46. The van der Waals surface area contributed by atoms with Crippen LogP contribution in [0.25, 0.3) is 11.3 Å². The number of aryl methyl sites for hydroxylation is 1. The minimum Gasteiger partial charge on any atom is -0.298 e. The van der Waals surface area contributed by atoms with Gasteiger partial charge in [-0.2, -0.15) is 0 Å². The van der Waals surface area contributed by atoms with Crippen LogP contribution in [0.2, 0.25) is 0 Å². The van der Waals surface area contributed by atoms with Crippen molar-refractivity contribution in [3.8, 4) is 11.3 Å². The van der Waals surface area contributed by atoms with Crippen LogP contribution in [-0.2, 0) is 10.0 Å². The fourth-order valence-corrected chi connectivity index (χ4v) is 5.86. The minimum atomic E-state index is -3.23. The highest BCUT2D eigenvalue weighted by atomic mass is 79.9. The SMILES string of the molecule is Cc1sc(NC(=O)c2ccc(N3CCCS3(=O)=O)cc2)nc1-c1ccc(Br)cc1. The van der Waals surface area contributed by atoms with Gasteiger partial charge < -0.3 is 0 Å². The van der Waals surface area contributed by atoms with Crippen LogP contribution in [0.15, 0.2) is 53.0 Å². The zero-order chi connectivity index (χ0) is 20.6. The summed E-state index contributed by atoms with van der Waals surface area (Å²) in [6.45, 7) is 2.45. The third-order valence-corrected chi connectivity index (χ3v) is 7.94. The largest absolute Gasteiger partial charge is 0.298 e. The topological polar surface area (TPSA) is 79.4 Å². The fourth-order valence-electron chi connectivity index (χ4n) is 3.20. The molecule has 0 radical (unpaired) electrons. The van der Waals surface area contributed by atoms with E-state index >= 15 is 0 Å². The first-order valence-corrected chi connectivity index (χ1v) is 12.2. The average molecular weight is 492 g/mol. The number of benzene rings is 2. The molecule has 0 aliphatic carbocycles. The van der Waals surface area contributed by atoms with E-state index in [1.165, 1.54) is 15.6 Å². The number of carbonyl (C=O) groups is 1. The number of hydrogen-bond acceptors (Lipinski definition) is 5. The molecule has 0 bridgehead atoms. The van der Waals surface area contributed by atoms with Gasteiger partial charge in [-0.25, -0.2) is 13.4 Å². The van der Waals surface area contributed by atoms with E-state index in [1.54, 1.807) is 24.3 Å². The number of carbonyl (C=O) groups excluding carboxylic acids is 1. The smallest absolute Gasteiger partial charge is 0.257 e. The summed E-state index contributed by atoms with van der Waals surface area (Å²) in [6.07, 6.45) is 0.620. The monoisotopic (exact) mass is 491 g/mol. The van der Waals surface area contributed by atoms with Crippen molar-refractivity contribution in [3.63, 3.8) is 0 Å². The van der Waals surface area contributed by atoms with Gasteiger partial charge in [0.2, 0.25) is 10.0 Å². The summed E-state index contributed by atoms with van der Waals surface area (Å²) in [7, 11) is -3.23. The van der Waals surface area contributed by atoms with Crippen LogP contribution in [0.1, 0.15) is 21.7 Å². The maximum atomic E-state index is 12.6. The molecular formula is C20H18BrN3O3S2. The molecule has 0 spiro atoms. The lowest BCUT2D eigenvalue weighted by Crippen LogP contribution is -2.25. The van der Waals surface area contributed by atoms with E-state index in [9.17, 15) is 13.2 Å². The molecule has 150 valence electrons. The molecule has 1 aromatic heterocycles. The van der Waals surface area contributed by atoms with Gasteiger partial charge in [0, 0.05) is 27.0 Å². The second-order valence-electron chi connectivity index (χ2n) is 6.67. The number of aromatic nitrogens is 1. The van der Waals surface area contributed by atoms with Crippen molar-refractivity contribution in [3.05, 3.63) is 63.4 Å². The molecule has 29 heavy (non-hydrogen) atoms. The predicted molar refractivity (Wildman–Crippen MR) is 120 cm³/mol. The van der Waals surface area contributed by atoms with Gasteiger partial charge in [-0.1, -0.05) is 28.1 Å². The third-order valence-electron chi connectivity index (χ3n) is 4.65. The Morgan fingerprint density at radius 2 is 1.83 bits per heavy atom. The van der Waals surface area contributed by atoms with Gasteiger partial charge in [0.05, 0.1) is 17.1 Å². The Morgan fingerprint density at radius 3 is 2.45 bits per heavy atom. The van der Waals surface area contributed by atoms with Crippen molar-refractivity contribution >= 4 is 54.0 Å². The van der Waals surface area contributed by atoms with Crippen LogP contribution in [0, 0.1) is 6.92 Å². The first kappa shape index (κ1) is 20.1. The number of thiazole rings is 1. The Hall–Kier alpha value is -2.23. The van der Waals surface area contributed by atoms with Crippen LogP contribution in [-0.4, -0.2) is 31.6 Å². The summed E-state index contributed by atoms with van der Waals surface area (Å²) < 4.78 is 26.4. The number of amides is 1. The Balaban J connectivity index is 1.50. The number of nitrogens with zero attached hydrogens (tertiary/aromatic N) is 2. The molecule has 2 heterocycles. The van der Waals surface area contributed by atoms with Gasteiger partial charge in [0.25, 0.3) is 5.91 Å². The molecule has 0 unspecified atom stereocenters. The molecule has 0 saturated carbocycles. The summed E-state index contributed by atoms with van der Waals surface area (Å²) >= 11 is 4.84. The second kappa shape index (κ2) is 7.89. The van der Waals surface area contributed by atoms with Crippen LogP contribution in [0.5, 0.6) is 0 Å². The third kappa shape index (κ3) is 4.22. The van der Waals surface area contributed by atoms with Crippen LogP contribution >= 0.6 is 27.3 Å². The molecule has 2 aromatic carbocycles. The number of anilines is 2. The van der Waals surface area contributed by atoms with Gasteiger partial charge in [0.15, 0.2) is 5.13 Å². The first-order chi connectivity index (χ1) is 13.8. The maximum Gasteiger partial charge on any atom is 0.257 e. The van der Waals surface area contributed by atoms with Crippen molar-refractivity contribution in [2.75, 3.05) is 21.9 Å². The summed E-state index contributed by atoms with van der Waals surface area (Å²) in [5, 5.41) is 3.36. The summed E-state index contributed by atoms with van der Waals surface area (Å²) in [5.41, 5.74) is 2.86. The molecule has 1 saturated heterocycles. The summed E-state index contributed by atoms with van der Waals surface area (Å²) in [5.74, 6) is -0.115. The normalized spacial score (nSPS) is 15.4. The maximum absolute atomic E-state index is 12.6. The van der Waals surface area contributed by atoms with E-state index in [4.69, 9.17) is 0 Å². The van der Waals surface area contributed by atoms with Gasteiger partial charge in [-0.3, -0.25) is 14.4 Å². The van der Waals surface area contributed by atoms with Crippen molar-refractivity contribution in [2.24, 2.45) is 0 Å². The molecule has 1 fully saturated rings. The van der Waals surface area contributed by atoms with Crippen LogP contribution in [0.4, 0.5) is 10.8 Å². The van der Waals surface area contributed by atoms with Crippen molar-refractivity contribution in [1.82, 2.24) is 4.98 Å². The number of halogens is 1. The molecule has 1 amide bonds.